The van der Waals surface area contributed by atoms with E-state index in [0.29, 0.717) is 29.9 Å². The predicted molar refractivity (Wildman–Crippen MR) is 129 cm³/mol. The topological polar surface area (TPSA) is 123 Å². The molecule has 180 valence electrons. The summed E-state index contributed by atoms with van der Waals surface area (Å²) in [6.45, 7) is 4.35. The third kappa shape index (κ3) is 4.90. The van der Waals surface area contributed by atoms with Crippen LogP contribution in [0.25, 0.3) is 0 Å². The van der Waals surface area contributed by atoms with Gasteiger partial charge < -0.3 is 15.8 Å². The summed E-state index contributed by atoms with van der Waals surface area (Å²) in [6, 6.07) is 0. The summed E-state index contributed by atoms with van der Waals surface area (Å²) in [4.78, 5) is 17.7. The van der Waals surface area contributed by atoms with Crippen LogP contribution in [0.5, 0.6) is 0 Å². The second-order valence-corrected chi connectivity index (χ2v) is 11.9. The first kappa shape index (κ1) is 24.0. The van der Waals surface area contributed by atoms with Crippen molar-refractivity contribution in [1.82, 2.24) is 9.62 Å². The van der Waals surface area contributed by atoms with Gasteiger partial charge in [-0.2, -0.15) is 0 Å². The molecule has 2 aliphatic heterocycles. The molecule has 4 rings (SSSR count). The molecular formula is C24H34N4O4S. The lowest BCUT2D eigenvalue weighted by Crippen LogP contribution is -2.50. The molecule has 1 saturated carbocycles. The van der Waals surface area contributed by atoms with Crippen LogP contribution in [0.1, 0.15) is 52.4 Å². The van der Waals surface area contributed by atoms with E-state index >= 15 is 0 Å². The summed E-state index contributed by atoms with van der Waals surface area (Å²) >= 11 is 0. The van der Waals surface area contributed by atoms with Gasteiger partial charge in [-0.05, 0) is 67.4 Å². The fourth-order valence-electron chi connectivity index (χ4n) is 5.33. The third-order valence-electron chi connectivity index (χ3n) is 7.49. The van der Waals surface area contributed by atoms with Crippen molar-refractivity contribution < 1.29 is 18.3 Å². The van der Waals surface area contributed by atoms with Crippen molar-refractivity contribution in [2.45, 2.75) is 57.9 Å². The SMILES string of the molecule is CC1=CC(=N)C=C(CO)/C1=C/CS(=O)(=O)N1CCC2(CC1)N=C(C1CCC(C)CC1)NC2=O. The maximum Gasteiger partial charge on any atom is 0.253 e. The van der Waals surface area contributed by atoms with E-state index in [0.717, 1.165) is 43.0 Å². The summed E-state index contributed by atoms with van der Waals surface area (Å²) < 4.78 is 27.5. The minimum Gasteiger partial charge on any atom is -0.392 e. The van der Waals surface area contributed by atoms with Crippen LogP contribution in [0.4, 0.5) is 0 Å². The average molecular weight is 475 g/mol. The number of allylic oxidation sites excluding steroid dienone is 3. The number of rotatable bonds is 5. The van der Waals surface area contributed by atoms with E-state index in [-0.39, 0.29) is 37.1 Å². The van der Waals surface area contributed by atoms with Crippen molar-refractivity contribution in [3.05, 3.63) is 34.9 Å². The Kier molecular flexibility index (Phi) is 6.75. The number of hydrogen-bond acceptors (Lipinski definition) is 6. The van der Waals surface area contributed by atoms with Crippen molar-refractivity contribution in [3.63, 3.8) is 0 Å². The fraction of sp³-hybridized carbons (Fsp3) is 0.625. The van der Waals surface area contributed by atoms with Gasteiger partial charge in [0.25, 0.3) is 5.91 Å². The Morgan fingerprint density at radius 1 is 1.24 bits per heavy atom. The summed E-state index contributed by atoms with van der Waals surface area (Å²) in [5.74, 6) is 1.56. The quantitative estimate of drug-likeness (QED) is 0.566. The molecule has 9 heteroatoms. The number of hydrogen-bond donors (Lipinski definition) is 3. The second kappa shape index (κ2) is 9.27. The minimum absolute atomic E-state index is 0.0848. The summed E-state index contributed by atoms with van der Waals surface area (Å²) in [7, 11) is -3.57. The maximum atomic E-state index is 13.0. The largest absolute Gasteiger partial charge is 0.392 e. The zero-order valence-electron chi connectivity index (χ0n) is 19.4. The van der Waals surface area contributed by atoms with Crippen LogP contribution in [0.3, 0.4) is 0 Å². The maximum absolute atomic E-state index is 13.0. The molecule has 0 aromatic rings. The van der Waals surface area contributed by atoms with Gasteiger partial charge >= 0.3 is 0 Å². The molecule has 1 amide bonds. The highest BCUT2D eigenvalue weighted by Crippen LogP contribution is 2.36. The van der Waals surface area contributed by atoms with Crippen molar-refractivity contribution in [1.29, 1.82) is 5.41 Å². The predicted octanol–water partition coefficient (Wildman–Crippen LogP) is 2.33. The van der Waals surface area contributed by atoms with E-state index in [4.69, 9.17) is 10.4 Å². The zero-order chi connectivity index (χ0) is 23.8. The number of nitrogens with zero attached hydrogens (tertiary/aromatic N) is 2. The Labute approximate surface area is 196 Å². The van der Waals surface area contributed by atoms with E-state index in [1.165, 1.54) is 4.31 Å². The third-order valence-corrected chi connectivity index (χ3v) is 9.23. The highest BCUT2D eigenvalue weighted by molar-refractivity contribution is 7.89. The zero-order valence-corrected chi connectivity index (χ0v) is 20.2. The van der Waals surface area contributed by atoms with Crippen molar-refractivity contribution >= 4 is 27.5 Å². The van der Waals surface area contributed by atoms with Crippen LogP contribution in [0.15, 0.2) is 39.9 Å². The summed E-state index contributed by atoms with van der Waals surface area (Å²) in [5, 5.41) is 20.4. The lowest BCUT2D eigenvalue weighted by molar-refractivity contribution is -0.125. The smallest absolute Gasteiger partial charge is 0.253 e. The first-order valence-electron chi connectivity index (χ1n) is 11.8. The van der Waals surface area contributed by atoms with Crippen molar-refractivity contribution in [3.8, 4) is 0 Å². The van der Waals surface area contributed by atoms with Gasteiger partial charge in [-0.3, -0.25) is 9.79 Å². The number of nitrogens with one attached hydrogen (secondary N) is 2. The molecule has 0 bridgehead atoms. The standard InChI is InChI=1S/C24H34N4O4S/c1-16-3-5-18(6-4-16)22-26-23(30)24(27-22)8-10-28(11-9-24)33(31,32)12-7-21-17(2)13-20(25)14-19(21)15-29/h7,13-14,16,18,25,29H,3-6,8-12,15H2,1-2H3,(H,26,27,30)/b21-7+,25-20?. The van der Waals surface area contributed by atoms with Crippen LogP contribution in [-0.4, -0.2) is 66.3 Å². The minimum atomic E-state index is -3.57. The number of amidine groups is 1. The summed E-state index contributed by atoms with van der Waals surface area (Å²) in [6.07, 6.45) is 9.99. The molecular weight excluding hydrogens is 440 g/mol. The molecule has 0 aromatic carbocycles. The molecule has 2 aliphatic carbocycles. The summed E-state index contributed by atoms with van der Waals surface area (Å²) in [5.41, 5.74) is 1.43. The number of sulfonamides is 1. The van der Waals surface area contributed by atoms with Crippen LogP contribution in [0, 0.1) is 17.2 Å². The molecule has 2 heterocycles. The number of aliphatic hydroxyl groups excluding tert-OH is 1. The Bertz CT molecular complexity index is 1050. The molecule has 2 fully saturated rings. The van der Waals surface area contributed by atoms with Crippen LogP contribution < -0.4 is 5.32 Å². The monoisotopic (exact) mass is 474 g/mol. The molecule has 3 N–H and O–H groups in total. The Morgan fingerprint density at radius 2 is 1.91 bits per heavy atom. The van der Waals surface area contributed by atoms with Gasteiger partial charge in [-0.1, -0.05) is 25.8 Å². The van der Waals surface area contributed by atoms with E-state index < -0.39 is 15.6 Å². The Morgan fingerprint density at radius 3 is 2.55 bits per heavy atom. The Balaban J connectivity index is 1.42. The number of carbonyl (C=O) groups excluding carboxylic acids is 1. The van der Waals surface area contributed by atoms with Gasteiger partial charge in [0, 0.05) is 19.0 Å². The van der Waals surface area contributed by atoms with Gasteiger partial charge in [0.2, 0.25) is 10.0 Å². The fourth-order valence-corrected chi connectivity index (χ4v) is 6.66. The molecule has 33 heavy (non-hydrogen) atoms. The molecule has 0 unspecified atom stereocenters. The van der Waals surface area contributed by atoms with Crippen molar-refractivity contribution in [2.24, 2.45) is 16.8 Å². The molecule has 4 aliphatic rings. The average Bonchev–Trinajstić information content (AvgIpc) is 3.08. The van der Waals surface area contributed by atoms with Gasteiger partial charge in [-0.25, -0.2) is 12.7 Å². The first-order chi connectivity index (χ1) is 15.6. The van der Waals surface area contributed by atoms with E-state index in [2.05, 4.69) is 12.2 Å². The van der Waals surface area contributed by atoms with E-state index in [9.17, 15) is 18.3 Å². The van der Waals surface area contributed by atoms with Gasteiger partial charge in [0.15, 0.2) is 0 Å². The molecule has 0 radical (unpaired) electrons. The second-order valence-electron chi connectivity index (χ2n) is 9.85. The van der Waals surface area contributed by atoms with E-state index in [1.807, 2.05) is 6.92 Å². The van der Waals surface area contributed by atoms with Gasteiger partial charge in [0.1, 0.15) is 11.4 Å². The van der Waals surface area contributed by atoms with Gasteiger partial charge in [-0.15, -0.1) is 0 Å². The lowest BCUT2D eigenvalue weighted by Gasteiger charge is -2.34. The number of piperidine rings is 1. The van der Waals surface area contributed by atoms with Crippen LogP contribution in [0.2, 0.25) is 0 Å². The molecule has 8 nitrogen and oxygen atoms in total. The first-order valence-corrected chi connectivity index (χ1v) is 13.4. The van der Waals surface area contributed by atoms with Crippen LogP contribution >= 0.6 is 0 Å². The van der Waals surface area contributed by atoms with Crippen LogP contribution in [-0.2, 0) is 14.8 Å². The molecule has 0 aromatic heterocycles. The number of amides is 1. The molecule has 0 atom stereocenters. The number of aliphatic hydroxyl groups is 1. The molecule has 1 spiro atoms. The number of carbonyl (C=O) groups is 1. The highest BCUT2D eigenvalue weighted by Gasteiger charge is 2.48. The molecule has 1 saturated heterocycles. The normalized spacial score (nSPS) is 29.7. The van der Waals surface area contributed by atoms with E-state index in [1.54, 1.807) is 18.2 Å². The van der Waals surface area contributed by atoms with Crippen molar-refractivity contribution in [2.75, 3.05) is 25.4 Å². The van der Waals surface area contributed by atoms with Gasteiger partial charge in [0.05, 0.1) is 18.1 Å². The number of aliphatic imine (C=N–C) groups is 1. The lowest BCUT2D eigenvalue weighted by atomic mass is 9.82. The highest BCUT2D eigenvalue weighted by atomic mass is 32.2. The Hall–Kier alpha value is -2.10.